The average Bonchev–Trinajstić information content (AvgIpc) is 2.80. The van der Waals surface area contributed by atoms with Gasteiger partial charge in [0.2, 0.25) is 10.0 Å². The van der Waals surface area contributed by atoms with Crippen LogP contribution in [-0.4, -0.2) is 34.4 Å². The number of hydrogen-bond acceptors (Lipinski definition) is 4. The standard InChI is InChI=1S/C27H50N2O3S/c1-3-4-5-6-7-8-9-10-11-12-13-14-15-16-17-18-24-32-27-21-19-26(20-22-27)29-33(30,31)25-23-28-2/h19-22,28-29H,3-18,23-25H2,1-2H3. The first-order valence-corrected chi connectivity index (χ1v) is 15.1. The van der Waals surface area contributed by atoms with Crippen LogP contribution in [-0.2, 0) is 10.0 Å². The molecule has 0 fully saturated rings. The van der Waals surface area contributed by atoms with Gasteiger partial charge in [-0.2, -0.15) is 0 Å². The molecular weight excluding hydrogens is 432 g/mol. The molecule has 1 aromatic carbocycles. The summed E-state index contributed by atoms with van der Waals surface area (Å²) in [6.07, 6.45) is 21.8. The Kier molecular flexibility index (Phi) is 18.2. The summed E-state index contributed by atoms with van der Waals surface area (Å²) in [5, 5.41) is 2.84. The van der Waals surface area contributed by atoms with Crippen LogP contribution in [0, 0.1) is 0 Å². The van der Waals surface area contributed by atoms with Gasteiger partial charge in [0.15, 0.2) is 0 Å². The summed E-state index contributed by atoms with van der Waals surface area (Å²) < 4.78 is 32.2. The van der Waals surface area contributed by atoms with Crippen LogP contribution in [0.3, 0.4) is 0 Å². The Morgan fingerprint density at radius 2 is 1.15 bits per heavy atom. The van der Waals surface area contributed by atoms with E-state index in [0.717, 1.165) is 12.2 Å². The van der Waals surface area contributed by atoms with Crippen LogP contribution >= 0.6 is 0 Å². The van der Waals surface area contributed by atoms with E-state index in [4.69, 9.17) is 4.74 Å². The third-order valence-corrected chi connectivity index (χ3v) is 7.30. The lowest BCUT2D eigenvalue weighted by molar-refractivity contribution is 0.304. The van der Waals surface area contributed by atoms with Gasteiger partial charge in [-0.3, -0.25) is 4.72 Å². The highest BCUT2D eigenvalue weighted by molar-refractivity contribution is 7.92. The van der Waals surface area contributed by atoms with Crippen LogP contribution in [0.15, 0.2) is 24.3 Å². The minimum atomic E-state index is -3.31. The minimum Gasteiger partial charge on any atom is -0.494 e. The van der Waals surface area contributed by atoms with Crippen LogP contribution < -0.4 is 14.8 Å². The molecule has 0 saturated heterocycles. The maximum absolute atomic E-state index is 11.9. The van der Waals surface area contributed by atoms with Gasteiger partial charge >= 0.3 is 0 Å². The van der Waals surface area contributed by atoms with Crippen molar-refractivity contribution in [2.24, 2.45) is 0 Å². The molecule has 0 aromatic heterocycles. The van der Waals surface area contributed by atoms with Crippen molar-refractivity contribution in [2.45, 2.75) is 110 Å². The first kappa shape index (κ1) is 29.8. The Morgan fingerprint density at radius 1 is 0.697 bits per heavy atom. The summed E-state index contributed by atoms with van der Waals surface area (Å²) in [6.45, 7) is 3.42. The SMILES string of the molecule is CCCCCCCCCCCCCCCCCCOc1ccc(NS(=O)(=O)CCNC)cc1. The zero-order chi connectivity index (χ0) is 24.0. The van der Waals surface area contributed by atoms with Gasteiger partial charge in [-0.15, -0.1) is 0 Å². The van der Waals surface area contributed by atoms with Crippen molar-refractivity contribution >= 4 is 15.7 Å². The summed E-state index contributed by atoms with van der Waals surface area (Å²) >= 11 is 0. The molecule has 0 bridgehead atoms. The summed E-state index contributed by atoms with van der Waals surface area (Å²) in [5.41, 5.74) is 0.570. The number of nitrogens with one attached hydrogen (secondary N) is 2. The van der Waals surface area contributed by atoms with Gasteiger partial charge in [0.1, 0.15) is 5.75 Å². The molecule has 0 aliphatic rings. The maximum atomic E-state index is 11.9. The monoisotopic (exact) mass is 482 g/mol. The lowest BCUT2D eigenvalue weighted by Gasteiger charge is -2.10. The van der Waals surface area contributed by atoms with E-state index < -0.39 is 10.0 Å². The van der Waals surface area contributed by atoms with E-state index in [1.807, 2.05) is 12.1 Å². The van der Waals surface area contributed by atoms with E-state index in [0.29, 0.717) is 18.8 Å². The molecule has 0 spiro atoms. The summed E-state index contributed by atoms with van der Waals surface area (Å²) in [6, 6.07) is 7.14. The van der Waals surface area contributed by atoms with Crippen LogP contribution in [0.25, 0.3) is 0 Å². The molecule has 0 unspecified atom stereocenters. The number of unbranched alkanes of at least 4 members (excludes halogenated alkanes) is 15. The van der Waals surface area contributed by atoms with Crippen molar-refractivity contribution in [3.8, 4) is 5.75 Å². The number of sulfonamides is 1. The van der Waals surface area contributed by atoms with Crippen LogP contribution in [0.2, 0.25) is 0 Å². The zero-order valence-electron chi connectivity index (χ0n) is 21.4. The molecule has 1 aromatic rings. The average molecular weight is 483 g/mol. The molecule has 0 amide bonds. The normalized spacial score (nSPS) is 11.6. The molecule has 0 heterocycles. The number of ether oxygens (including phenoxy) is 1. The molecule has 2 N–H and O–H groups in total. The Morgan fingerprint density at radius 3 is 1.61 bits per heavy atom. The Hall–Kier alpha value is -1.27. The quantitative estimate of drug-likeness (QED) is 0.161. The molecule has 5 nitrogen and oxygen atoms in total. The van der Waals surface area contributed by atoms with Gasteiger partial charge in [-0.1, -0.05) is 103 Å². The van der Waals surface area contributed by atoms with E-state index in [1.165, 1.54) is 96.3 Å². The first-order valence-electron chi connectivity index (χ1n) is 13.5. The molecule has 33 heavy (non-hydrogen) atoms. The van der Waals surface area contributed by atoms with Crippen molar-refractivity contribution < 1.29 is 13.2 Å². The highest BCUT2D eigenvalue weighted by Gasteiger charge is 2.09. The Balaban J connectivity index is 1.92. The lowest BCUT2D eigenvalue weighted by Crippen LogP contribution is -2.24. The van der Waals surface area contributed by atoms with Crippen molar-refractivity contribution in [1.82, 2.24) is 5.32 Å². The molecule has 0 saturated carbocycles. The second-order valence-electron chi connectivity index (χ2n) is 9.20. The van der Waals surface area contributed by atoms with Gasteiger partial charge in [-0.05, 0) is 37.7 Å². The number of anilines is 1. The minimum absolute atomic E-state index is 0.0566. The smallest absolute Gasteiger partial charge is 0.233 e. The largest absolute Gasteiger partial charge is 0.494 e. The van der Waals surface area contributed by atoms with Gasteiger partial charge in [0, 0.05) is 12.2 Å². The highest BCUT2D eigenvalue weighted by Crippen LogP contribution is 2.18. The topological polar surface area (TPSA) is 67.4 Å². The van der Waals surface area contributed by atoms with E-state index >= 15 is 0 Å². The third-order valence-electron chi connectivity index (χ3n) is 6.02. The molecule has 1 rings (SSSR count). The molecule has 0 aliphatic heterocycles. The van der Waals surface area contributed by atoms with Crippen molar-refractivity contribution in [1.29, 1.82) is 0 Å². The maximum Gasteiger partial charge on any atom is 0.233 e. The predicted octanol–water partition coefficient (Wildman–Crippen LogP) is 7.29. The van der Waals surface area contributed by atoms with E-state index in [2.05, 4.69) is 17.0 Å². The molecule has 0 radical (unpaired) electrons. The van der Waals surface area contributed by atoms with Crippen LogP contribution in [0.4, 0.5) is 5.69 Å². The van der Waals surface area contributed by atoms with Crippen LogP contribution in [0.1, 0.15) is 110 Å². The fraction of sp³-hybridized carbons (Fsp3) is 0.778. The molecule has 0 aliphatic carbocycles. The number of rotatable bonds is 23. The zero-order valence-corrected chi connectivity index (χ0v) is 22.2. The molecule has 0 atom stereocenters. The van der Waals surface area contributed by atoms with E-state index in [-0.39, 0.29) is 5.75 Å². The predicted molar refractivity (Wildman–Crippen MR) is 143 cm³/mol. The first-order chi connectivity index (χ1) is 16.1. The third kappa shape index (κ3) is 17.8. The summed E-state index contributed by atoms with van der Waals surface area (Å²) in [5.74, 6) is 0.843. The van der Waals surface area contributed by atoms with Gasteiger partial charge < -0.3 is 10.1 Å². The Labute approximate surface area is 204 Å². The van der Waals surface area contributed by atoms with Crippen LogP contribution in [0.5, 0.6) is 5.75 Å². The van der Waals surface area contributed by atoms with Gasteiger partial charge in [0.25, 0.3) is 0 Å². The number of hydrogen-bond donors (Lipinski definition) is 2. The van der Waals surface area contributed by atoms with Gasteiger partial charge in [0.05, 0.1) is 12.4 Å². The number of benzene rings is 1. The lowest BCUT2D eigenvalue weighted by atomic mass is 10.0. The molecular formula is C27H50N2O3S. The second kappa shape index (κ2) is 20.1. The fourth-order valence-corrected chi connectivity index (χ4v) is 5.00. The van der Waals surface area contributed by atoms with E-state index in [9.17, 15) is 8.42 Å². The molecule has 192 valence electrons. The second-order valence-corrected chi connectivity index (χ2v) is 11.0. The molecule has 6 heteroatoms. The van der Waals surface area contributed by atoms with Crippen molar-refractivity contribution in [3.63, 3.8) is 0 Å². The van der Waals surface area contributed by atoms with Gasteiger partial charge in [-0.25, -0.2) is 8.42 Å². The summed E-state index contributed by atoms with van der Waals surface area (Å²) in [4.78, 5) is 0. The fourth-order valence-electron chi connectivity index (χ4n) is 3.93. The highest BCUT2D eigenvalue weighted by atomic mass is 32.2. The summed E-state index contributed by atoms with van der Waals surface area (Å²) in [7, 11) is -1.57. The van der Waals surface area contributed by atoms with Crippen molar-refractivity contribution in [2.75, 3.05) is 30.7 Å². The van der Waals surface area contributed by atoms with Crippen molar-refractivity contribution in [3.05, 3.63) is 24.3 Å². The van der Waals surface area contributed by atoms with E-state index in [1.54, 1.807) is 19.2 Å². The Bertz CT molecular complexity index is 662.